The molecule has 0 N–H and O–H groups in total. The second kappa shape index (κ2) is 7.94. The molecule has 140 valence electrons. The summed E-state index contributed by atoms with van der Waals surface area (Å²) in [4.78, 5) is 14.9. The summed E-state index contributed by atoms with van der Waals surface area (Å²) in [6.45, 7) is 3.47. The SMILES string of the molecule is Cn1cc(C(=O)OCC2CN(Cc3ccccc3)CCO2)c2ccccc21. The fraction of sp³-hybridized carbons (Fsp3) is 0.318. The molecule has 0 amide bonds. The zero-order valence-corrected chi connectivity index (χ0v) is 15.5. The molecule has 0 bridgehead atoms. The maximum Gasteiger partial charge on any atom is 0.340 e. The summed E-state index contributed by atoms with van der Waals surface area (Å²) >= 11 is 0. The van der Waals surface area contributed by atoms with Crippen LogP contribution in [0.3, 0.4) is 0 Å². The average molecular weight is 364 g/mol. The molecule has 4 rings (SSSR count). The van der Waals surface area contributed by atoms with E-state index in [4.69, 9.17) is 9.47 Å². The lowest BCUT2D eigenvalue weighted by atomic mass is 10.2. The van der Waals surface area contributed by atoms with E-state index in [0.29, 0.717) is 12.2 Å². The maximum atomic E-state index is 12.6. The standard InChI is InChI=1S/C22H24N2O3/c1-23-15-20(19-9-5-6-10-21(19)23)22(25)27-16-18-14-24(11-12-26-18)13-17-7-3-2-4-8-17/h2-10,15,18H,11-14,16H2,1H3. The molecule has 0 spiro atoms. The summed E-state index contributed by atoms with van der Waals surface area (Å²) in [5.41, 5.74) is 2.91. The highest BCUT2D eigenvalue weighted by Gasteiger charge is 2.23. The van der Waals surface area contributed by atoms with Gasteiger partial charge in [0.25, 0.3) is 0 Å². The summed E-state index contributed by atoms with van der Waals surface area (Å²) in [6.07, 6.45) is 1.73. The van der Waals surface area contributed by atoms with Gasteiger partial charge in [-0.15, -0.1) is 0 Å². The van der Waals surface area contributed by atoms with Gasteiger partial charge in [0.2, 0.25) is 0 Å². The van der Waals surface area contributed by atoms with Crippen LogP contribution in [-0.2, 0) is 23.1 Å². The van der Waals surface area contributed by atoms with Crippen LogP contribution in [0, 0.1) is 0 Å². The molecule has 1 aliphatic heterocycles. The minimum absolute atomic E-state index is 0.0959. The second-order valence-electron chi connectivity index (χ2n) is 6.98. The lowest BCUT2D eigenvalue weighted by molar-refractivity contribution is -0.0612. The zero-order chi connectivity index (χ0) is 18.6. The van der Waals surface area contributed by atoms with Crippen molar-refractivity contribution in [3.63, 3.8) is 0 Å². The number of fused-ring (bicyclic) bond motifs is 1. The number of aromatic nitrogens is 1. The molecule has 3 aromatic rings. The van der Waals surface area contributed by atoms with Crippen LogP contribution in [0.2, 0.25) is 0 Å². The lowest BCUT2D eigenvalue weighted by Gasteiger charge is -2.32. The number of hydrogen-bond donors (Lipinski definition) is 0. The highest BCUT2D eigenvalue weighted by atomic mass is 16.6. The van der Waals surface area contributed by atoms with E-state index in [1.807, 2.05) is 48.1 Å². The Labute approximate surface area is 159 Å². The Morgan fingerprint density at radius 2 is 1.93 bits per heavy atom. The van der Waals surface area contributed by atoms with E-state index in [1.54, 1.807) is 0 Å². The number of nitrogens with zero attached hydrogens (tertiary/aromatic N) is 2. The molecule has 0 saturated carbocycles. The van der Waals surface area contributed by atoms with Crippen molar-refractivity contribution in [1.29, 1.82) is 0 Å². The van der Waals surface area contributed by atoms with Gasteiger partial charge in [-0.3, -0.25) is 4.90 Å². The normalized spacial score (nSPS) is 17.9. The van der Waals surface area contributed by atoms with Crippen LogP contribution in [-0.4, -0.2) is 47.8 Å². The summed E-state index contributed by atoms with van der Waals surface area (Å²) in [6, 6.07) is 18.2. The van der Waals surface area contributed by atoms with E-state index in [2.05, 4.69) is 29.2 Å². The first kappa shape index (κ1) is 17.8. The minimum Gasteiger partial charge on any atom is -0.459 e. The van der Waals surface area contributed by atoms with Gasteiger partial charge >= 0.3 is 5.97 Å². The van der Waals surface area contributed by atoms with Crippen molar-refractivity contribution in [2.75, 3.05) is 26.3 Å². The Balaban J connectivity index is 1.36. The van der Waals surface area contributed by atoms with Gasteiger partial charge < -0.3 is 14.0 Å². The van der Waals surface area contributed by atoms with Crippen molar-refractivity contribution in [2.24, 2.45) is 7.05 Å². The maximum absolute atomic E-state index is 12.6. The number of para-hydroxylation sites is 1. The van der Waals surface area contributed by atoms with Crippen LogP contribution in [0.15, 0.2) is 60.8 Å². The molecule has 1 fully saturated rings. The Morgan fingerprint density at radius 1 is 1.15 bits per heavy atom. The fourth-order valence-electron chi connectivity index (χ4n) is 3.62. The first-order valence-electron chi connectivity index (χ1n) is 9.30. The molecule has 5 nitrogen and oxygen atoms in total. The van der Waals surface area contributed by atoms with Crippen molar-refractivity contribution in [1.82, 2.24) is 9.47 Å². The number of benzene rings is 2. The number of esters is 1. The highest BCUT2D eigenvalue weighted by Crippen LogP contribution is 2.21. The van der Waals surface area contributed by atoms with Gasteiger partial charge in [-0.25, -0.2) is 4.79 Å². The second-order valence-corrected chi connectivity index (χ2v) is 6.98. The van der Waals surface area contributed by atoms with Gasteiger partial charge in [-0.05, 0) is 11.6 Å². The first-order valence-corrected chi connectivity index (χ1v) is 9.30. The first-order chi connectivity index (χ1) is 13.2. The van der Waals surface area contributed by atoms with E-state index < -0.39 is 0 Å². The van der Waals surface area contributed by atoms with Crippen LogP contribution in [0.4, 0.5) is 0 Å². The third kappa shape index (κ3) is 4.04. The van der Waals surface area contributed by atoms with E-state index in [-0.39, 0.29) is 18.7 Å². The number of rotatable bonds is 5. The Morgan fingerprint density at radius 3 is 2.78 bits per heavy atom. The molecule has 0 aliphatic carbocycles. The summed E-state index contributed by atoms with van der Waals surface area (Å²) in [7, 11) is 1.94. The minimum atomic E-state index is -0.296. The zero-order valence-electron chi connectivity index (χ0n) is 15.5. The molecule has 2 heterocycles. The predicted molar refractivity (Wildman–Crippen MR) is 105 cm³/mol. The van der Waals surface area contributed by atoms with E-state index in [9.17, 15) is 4.79 Å². The monoisotopic (exact) mass is 364 g/mol. The molecule has 1 unspecified atom stereocenters. The van der Waals surface area contributed by atoms with Crippen LogP contribution < -0.4 is 0 Å². The quantitative estimate of drug-likeness (QED) is 0.652. The van der Waals surface area contributed by atoms with Crippen molar-refractivity contribution in [2.45, 2.75) is 12.6 Å². The molecule has 2 aromatic carbocycles. The van der Waals surface area contributed by atoms with Crippen LogP contribution >= 0.6 is 0 Å². The molecule has 1 saturated heterocycles. The van der Waals surface area contributed by atoms with Gasteiger partial charge in [-0.2, -0.15) is 0 Å². The molecular formula is C22H24N2O3. The predicted octanol–water partition coefficient (Wildman–Crippen LogP) is 3.24. The van der Waals surface area contributed by atoms with Gasteiger partial charge in [0.05, 0.1) is 12.2 Å². The topological polar surface area (TPSA) is 43.7 Å². The van der Waals surface area contributed by atoms with Crippen molar-refractivity contribution < 1.29 is 14.3 Å². The fourth-order valence-corrected chi connectivity index (χ4v) is 3.62. The average Bonchev–Trinajstić information content (AvgIpc) is 3.04. The Hall–Kier alpha value is -2.63. The van der Waals surface area contributed by atoms with E-state index in [0.717, 1.165) is 30.5 Å². The molecule has 1 atom stereocenters. The van der Waals surface area contributed by atoms with Crippen molar-refractivity contribution in [3.05, 3.63) is 71.9 Å². The number of hydrogen-bond acceptors (Lipinski definition) is 4. The Kier molecular flexibility index (Phi) is 5.23. The van der Waals surface area contributed by atoms with E-state index in [1.165, 1.54) is 5.56 Å². The highest BCUT2D eigenvalue weighted by molar-refractivity contribution is 6.04. The third-order valence-electron chi connectivity index (χ3n) is 4.99. The third-order valence-corrected chi connectivity index (χ3v) is 4.99. The van der Waals surface area contributed by atoms with E-state index >= 15 is 0 Å². The van der Waals surface area contributed by atoms with Crippen molar-refractivity contribution >= 4 is 16.9 Å². The molecule has 5 heteroatoms. The number of ether oxygens (including phenoxy) is 2. The molecule has 1 aromatic heterocycles. The van der Waals surface area contributed by atoms with Crippen LogP contribution in [0.1, 0.15) is 15.9 Å². The smallest absolute Gasteiger partial charge is 0.340 e. The molecular weight excluding hydrogens is 340 g/mol. The van der Waals surface area contributed by atoms with Gasteiger partial charge in [0.1, 0.15) is 12.7 Å². The lowest BCUT2D eigenvalue weighted by Crippen LogP contribution is -2.44. The number of aryl methyl sites for hydroxylation is 1. The molecule has 27 heavy (non-hydrogen) atoms. The van der Waals surface area contributed by atoms with Gasteiger partial charge in [-0.1, -0.05) is 48.5 Å². The molecule has 0 radical (unpaired) electrons. The number of carbonyl (C=O) groups is 1. The molecule has 1 aliphatic rings. The summed E-state index contributed by atoms with van der Waals surface area (Å²) in [5, 5.41) is 0.917. The van der Waals surface area contributed by atoms with Crippen LogP contribution in [0.5, 0.6) is 0 Å². The summed E-state index contributed by atoms with van der Waals surface area (Å²) in [5.74, 6) is -0.296. The van der Waals surface area contributed by atoms with Gasteiger partial charge in [0, 0.05) is 43.8 Å². The Bertz CT molecular complexity index is 920. The largest absolute Gasteiger partial charge is 0.459 e. The van der Waals surface area contributed by atoms with Crippen LogP contribution in [0.25, 0.3) is 10.9 Å². The number of carbonyl (C=O) groups excluding carboxylic acids is 1. The van der Waals surface area contributed by atoms with Gasteiger partial charge in [0.15, 0.2) is 0 Å². The number of morpholine rings is 1. The van der Waals surface area contributed by atoms with Crippen molar-refractivity contribution in [3.8, 4) is 0 Å². The summed E-state index contributed by atoms with van der Waals surface area (Å²) < 4.78 is 13.3.